The second-order valence-electron chi connectivity index (χ2n) is 5.30. The lowest BCUT2D eigenvalue weighted by Crippen LogP contribution is -2.40. The topological polar surface area (TPSA) is 21.3 Å². The molecule has 0 bridgehead atoms. The number of ether oxygens (including phenoxy) is 1. The van der Waals surface area contributed by atoms with E-state index < -0.39 is 0 Å². The maximum Gasteiger partial charge on any atom is 0.0727 e. The summed E-state index contributed by atoms with van der Waals surface area (Å²) in [7, 11) is 3.84. The molecule has 0 aliphatic heterocycles. The molecule has 108 valence electrons. The molecule has 0 saturated carbocycles. The first-order valence-electron chi connectivity index (χ1n) is 7.46. The molecule has 0 amide bonds. The Labute approximate surface area is 122 Å². The summed E-state index contributed by atoms with van der Waals surface area (Å²) in [6.07, 6.45) is 3.50. The summed E-state index contributed by atoms with van der Waals surface area (Å²) in [6, 6.07) is 15.5. The van der Waals surface area contributed by atoms with Crippen LogP contribution in [0.5, 0.6) is 0 Å². The molecule has 0 heterocycles. The SMILES string of the molecule is CCCC(OC)C(Cc1cccc2ccccc12)NC. The van der Waals surface area contributed by atoms with E-state index in [2.05, 4.69) is 54.7 Å². The number of hydrogen-bond acceptors (Lipinski definition) is 2. The second-order valence-corrected chi connectivity index (χ2v) is 5.30. The largest absolute Gasteiger partial charge is 0.380 e. The van der Waals surface area contributed by atoms with Gasteiger partial charge in [-0.15, -0.1) is 0 Å². The summed E-state index contributed by atoms with van der Waals surface area (Å²) in [4.78, 5) is 0. The highest BCUT2D eigenvalue weighted by molar-refractivity contribution is 5.85. The van der Waals surface area contributed by atoms with Gasteiger partial charge in [-0.3, -0.25) is 0 Å². The highest BCUT2D eigenvalue weighted by Gasteiger charge is 2.19. The van der Waals surface area contributed by atoms with Crippen LogP contribution in [0.2, 0.25) is 0 Å². The molecule has 0 saturated heterocycles. The van der Waals surface area contributed by atoms with Gasteiger partial charge in [0.2, 0.25) is 0 Å². The normalized spacial score (nSPS) is 14.3. The minimum atomic E-state index is 0.268. The molecule has 2 atom stereocenters. The monoisotopic (exact) mass is 271 g/mol. The van der Waals surface area contributed by atoms with Gasteiger partial charge in [0.05, 0.1) is 6.10 Å². The molecule has 2 unspecified atom stereocenters. The number of nitrogens with one attached hydrogen (secondary N) is 1. The maximum atomic E-state index is 5.67. The van der Waals surface area contributed by atoms with Gasteiger partial charge in [0.25, 0.3) is 0 Å². The summed E-state index contributed by atoms with van der Waals surface area (Å²) >= 11 is 0. The van der Waals surface area contributed by atoms with E-state index in [4.69, 9.17) is 4.74 Å². The van der Waals surface area contributed by atoms with E-state index in [-0.39, 0.29) is 6.10 Å². The molecular weight excluding hydrogens is 246 g/mol. The standard InChI is InChI=1S/C18H25NO/c1-4-8-18(20-3)17(19-2)13-15-11-7-10-14-9-5-6-12-16(14)15/h5-7,9-12,17-19H,4,8,13H2,1-3H3. The Kier molecular flexibility index (Phi) is 5.57. The lowest BCUT2D eigenvalue weighted by molar-refractivity contribution is 0.0634. The number of methoxy groups -OCH3 is 1. The smallest absolute Gasteiger partial charge is 0.0727 e. The van der Waals surface area contributed by atoms with Crippen molar-refractivity contribution < 1.29 is 4.74 Å². The highest BCUT2D eigenvalue weighted by atomic mass is 16.5. The first kappa shape index (κ1) is 15.0. The van der Waals surface area contributed by atoms with Crippen LogP contribution < -0.4 is 5.32 Å². The first-order valence-corrected chi connectivity index (χ1v) is 7.46. The van der Waals surface area contributed by atoms with E-state index in [1.54, 1.807) is 0 Å². The van der Waals surface area contributed by atoms with Crippen molar-refractivity contribution in [3.05, 3.63) is 48.0 Å². The number of likely N-dealkylation sites (N-methyl/N-ethyl adjacent to an activating group) is 1. The lowest BCUT2D eigenvalue weighted by Gasteiger charge is -2.26. The zero-order valence-corrected chi connectivity index (χ0v) is 12.7. The third-order valence-corrected chi connectivity index (χ3v) is 4.02. The van der Waals surface area contributed by atoms with Crippen molar-refractivity contribution in [1.82, 2.24) is 5.32 Å². The van der Waals surface area contributed by atoms with Crippen LogP contribution in [0, 0.1) is 0 Å². The molecule has 0 fully saturated rings. The Hall–Kier alpha value is -1.38. The molecule has 20 heavy (non-hydrogen) atoms. The Balaban J connectivity index is 2.25. The van der Waals surface area contributed by atoms with Gasteiger partial charge in [-0.25, -0.2) is 0 Å². The van der Waals surface area contributed by atoms with Gasteiger partial charge in [0.15, 0.2) is 0 Å². The van der Waals surface area contributed by atoms with Crippen molar-refractivity contribution in [3.63, 3.8) is 0 Å². The van der Waals surface area contributed by atoms with Crippen LogP contribution in [0.4, 0.5) is 0 Å². The second kappa shape index (κ2) is 7.41. The van der Waals surface area contributed by atoms with E-state index in [9.17, 15) is 0 Å². The Bertz CT molecular complexity index is 532. The van der Waals surface area contributed by atoms with Gasteiger partial charge >= 0.3 is 0 Å². The van der Waals surface area contributed by atoms with E-state index in [0.717, 1.165) is 19.3 Å². The van der Waals surface area contributed by atoms with Crippen molar-refractivity contribution in [3.8, 4) is 0 Å². The van der Waals surface area contributed by atoms with Crippen LogP contribution in [-0.2, 0) is 11.2 Å². The third-order valence-electron chi connectivity index (χ3n) is 4.02. The molecule has 0 spiro atoms. The van der Waals surface area contributed by atoms with Crippen LogP contribution in [0.1, 0.15) is 25.3 Å². The van der Waals surface area contributed by atoms with Crippen molar-refractivity contribution in [1.29, 1.82) is 0 Å². The lowest BCUT2D eigenvalue weighted by atomic mass is 9.94. The van der Waals surface area contributed by atoms with Crippen LogP contribution in [0.15, 0.2) is 42.5 Å². The van der Waals surface area contributed by atoms with Crippen molar-refractivity contribution in [2.45, 2.75) is 38.3 Å². The summed E-state index contributed by atoms with van der Waals surface area (Å²) in [5.74, 6) is 0. The zero-order chi connectivity index (χ0) is 14.4. The predicted octanol–water partition coefficient (Wildman–Crippen LogP) is 3.79. The van der Waals surface area contributed by atoms with Crippen LogP contribution in [0.3, 0.4) is 0 Å². The van der Waals surface area contributed by atoms with Crippen molar-refractivity contribution in [2.75, 3.05) is 14.2 Å². The fraction of sp³-hybridized carbons (Fsp3) is 0.444. The molecular formula is C18H25NO. The van der Waals surface area contributed by atoms with E-state index in [0.29, 0.717) is 6.04 Å². The minimum Gasteiger partial charge on any atom is -0.380 e. The quantitative estimate of drug-likeness (QED) is 0.827. The van der Waals surface area contributed by atoms with E-state index >= 15 is 0 Å². The van der Waals surface area contributed by atoms with Gasteiger partial charge < -0.3 is 10.1 Å². The molecule has 0 aliphatic rings. The summed E-state index contributed by atoms with van der Waals surface area (Å²) < 4.78 is 5.67. The van der Waals surface area contributed by atoms with Crippen molar-refractivity contribution >= 4 is 10.8 Å². The molecule has 2 nitrogen and oxygen atoms in total. The summed E-state index contributed by atoms with van der Waals surface area (Å²) in [5.41, 5.74) is 1.39. The van der Waals surface area contributed by atoms with Gasteiger partial charge in [-0.05, 0) is 36.2 Å². The minimum absolute atomic E-state index is 0.268. The number of fused-ring (bicyclic) bond motifs is 1. The molecule has 0 aliphatic carbocycles. The third kappa shape index (κ3) is 3.38. The zero-order valence-electron chi connectivity index (χ0n) is 12.7. The number of rotatable bonds is 7. The van der Waals surface area contributed by atoms with E-state index in [1.165, 1.54) is 16.3 Å². The van der Waals surface area contributed by atoms with Gasteiger partial charge in [0, 0.05) is 13.2 Å². The highest BCUT2D eigenvalue weighted by Crippen LogP contribution is 2.21. The number of hydrogen-bond donors (Lipinski definition) is 1. The summed E-state index contributed by atoms with van der Waals surface area (Å²) in [6.45, 7) is 2.21. The molecule has 1 N–H and O–H groups in total. The molecule has 2 aromatic carbocycles. The van der Waals surface area contributed by atoms with Gasteiger partial charge in [0.1, 0.15) is 0 Å². The maximum absolute atomic E-state index is 5.67. The van der Waals surface area contributed by atoms with Crippen molar-refractivity contribution in [2.24, 2.45) is 0 Å². The molecule has 2 rings (SSSR count). The molecule has 0 radical (unpaired) electrons. The van der Waals surface area contributed by atoms with Crippen LogP contribution >= 0.6 is 0 Å². The van der Waals surface area contributed by atoms with Crippen LogP contribution in [0.25, 0.3) is 10.8 Å². The first-order chi connectivity index (χ1) is 9.80. The molecule has 2 heteroatoms. The average Bonchev–Trinajstić information content (AvgIpc) is 2.50. The average molecular weight is 271 g/mol. The fourth-order valence-corrected chi connectivity index (χ4v) is 2.89. The molecule has 0 aromatic heterocycles. The Morgan fingerprint density at radius 2 is 1.85 bits per heavy atom. The van der Waals surface area contributed by atoms with Gasteiger partial charge in [-0.2, -0.15) is 0 Å². The van der Waals surface area contributed by atoms with E-state index in [1.807, 2.05) is 14.2 Å². The fourth-order valence-electron chi connectivity index (χ4n) is 2.89. The Morgan fingerprint density at radius 1 is 1.10 bits per heavy atom. The predicted molar refractivity (Wildman–Crippen MR) is 86.2 cm³/mol. The van der Waals surface area contributed by atoms with Crippen LogP contribution in [-0.4, -0.2) is 26.3 Å². The summed E-state index contributed by atoms with van der Waals surface area (Å²) in [5, 5.41) is 6.08. The Morgan fingerprint density at radius 3 is 2.55 bits per heavy atom. The molecule has 2 aromatic rings. The van der Waals surface area contributed by atoms with Gasteiger partial charge in [-0.1, -0.05) is 55.8 Å². The number of benzene rings is 2.